The zero-order chi connectivity index (χ0) is 28.3. The third-order valence-corrected chi connectivity index (χ3v) is 7.22. The molecule has 1 aliphatic heterocycles. The number of rotatable bonds is 5. The normalized spacial score (nSPS) is 13.9. The maximum Gasteiger partial charge on any atom is 0.417 e. The van der Waals surface area contributed by atoms with E-state index in [-0.39, 0.29) is 21.2 Å². The number of halogens is 4. The summed E-state index contributed by atoms with van der Waals surface area (Å²) in [5.74, 6) is -0.00228. The second kappa shape index (κ2) is 11.4. The van der Waals surface area contributed by atoms with Crippen molar-refractivity contribution in [1.29, 1.82) is 0 Å². The van der Waals surface area contributed by atoms with Gasteiger partial charge in [0, 0.05) is 13.6 Å². The second-order valence-corrected chi connectivity index (χ2v) is 10.5. The van der Waals surface area contributed by atoms with E-state index in [0.717, 1.165) is 29.4 Å². The summed E-state index contributed by atoms with van der Waals surface area (Å²) in [5.41, 5.74) is 1.70. The molecule has 0 fully saturated rings. The first-order chi connectivity index (χ1) is 17.7. The fourth-order valence-corrected chi connectivity index (χ4v) is 4.70. The predicted molar refractivity (Wildman–Crippen MR) is 140 cm³/mol. The molecule has 0 saturated carbocycles. The van der Waals surface area contributed by atoms with E-state index in [1.165, 1.54) is 24.3 Å². The first-order valence-electron chi connectivity index (χ1n) is 11.3. The van der Waals surface area contributed by atoms with Crippen LogP contribution in [0.1, 0.15) is 34.0 Å². The van der Waals surface area contributed by atoms with Crippen molar-refractivity contribution in [2.75, 3.05) is 13.6 Å². The van der Waals surface area contributed by atoms with Gasteiger partial charge in [0.05, 0.1) is 28.2 Å². The summed E-state index contributed by atoms with van der Waals surface area (Å²) in [5, 5.41) is -0.359. The molecule has 0 bridgehead atoms. The Balaban J connectivity index is 0.000000275. The molecule has 0 aromatic heterocycles. The van der Waals surface area contributed by atoms with E-state index in [1.54, 1.807) is 24.5 Å². The summed E-state index contributed by atoms with van der Waals surface area (Å²) < 4.78 is 68.8. The lowest BCUT2D eigenvalue weighted by Gasteiger charge is -2.14. The summed E-state index contributed by atoms with van der Waals surface area (Å²) in [6.07, 6.45) is -2.80. The Morgan fingerprint density at radius 1 is 1.08 bits per heavy atom. The van der Waals surface area contributed by atoms with Gasteiger partial charge in [0.1, 0.15) is 16.4 Å². The van der Waals surface area contributed by atoms with E-state index in [4.69, 9.17) is 16.3 Å². The molecule has 3 aromatic carbocycles. The zero-order valence-electron chi connectivity index (χ0n) is 20.9. The number of nitrogens with zero attached hydrogens (tertiary/aromatic N) is 2. The lowest BCUT2D eigenvalue weighted by molar-refractivity contribution is -0.137. The fourth-order valence-electron chi connectivity index (χ4n) is 3.30. The van der Waals surface area contributed by atoms with Crippen LogP contribution in [0.2, 0.25) is 5.02 Å². The molecule has 1 heterocycles. The van der Waals surface area contributed by atoms with Gasteiger partial charge in [-0.05, 0) is 74.4 Å². The summed E-state index contributed by atoms with van der Waals surface area (Å²) >= 11 is 5.64. The van der Waals surface area contributed by atoms with Gasteiger partial charge in [-0.25, -0.2) is 18.1 Å². The van der Waals surface area contributed by atoms with Crippen molar-refractivity contribution in [2.45, 2.75) is 31.8 Å². The Bertz CT molecular complexity index is 1490. The summed E-state index contributed by atoms with van der Waals surface area (Å²) in [4.78, 5) is 17.4. The molecule has 0 radical (unpaired) electrons. The Morgan fingerprint density at radius 3 is 2.39 bits per heavy atom. The lowest BCUT2D eigenvalue weighted by Crippen LogP contribution is -2.20. The van der Waals surface area contributed by atoms with Crippen LogP contribution in [0.3, 0.4) is 0 Å². The van der Waals surface area contributed by atoms with Crippen LogP contribution in [-0.2, 0) is 16.2 Å². The largest absolute Gasteiger partial charge is 0.457 e. The van der Waals surface area contributed by atoms with Gasteiger partial charge in [-0.3, -0.25) is 4.79 Å². The molecule has 7 nitrogen and oxygen atoms in total. The van der Waals surface area contributed by atoms with Crippen molar-refractivity contribution in [2.24, 2.45) is 4.99 Å². The van der Waals surface area contributed by atoms with Crippen LogP contribution in [0.4, 0.5) is 18.9 Å². The first kappa shape index (κ1) is 29.0. The molecule has 1 aliphatic rings. The maximum atomic E-state index is 13.0. The zero-order valence-corrected chi connectivity index (χ0v) is 22.5. The molecule has 0 saturated heterocycles. The molecule has 0 unspecified atom stereocenters. The Morgan fingerprint density at radius 2 is 1.76 bits per heavy atom. The van der Waals surface area contributed by atoms with E-state index in [9.17, 15) is 26.4 Å². The molecule has 1 N–H and O–H groups in total. The van der Waals surface area contributed by atoms with Gasteiger partial charge >= 0.3 is 6.18 Å². The van der Waals surface area contributed by atoms with Crippen LogP contribution in [0.15, 0.2) is 64.5 Å². The number of hydrogen-bond donors (Lipinski definition) is 1. The number of nitrogens with one attached hydrogen (secondary N) is 1. The molecule has 38 heavy (non-hydrogen) atoms. The average Bonchev–Trinajstić information content (AvgIpc) is 3.09. The van der Waals surface area contributed by atoms with Gasteiger partial charge < -0.3 is 9.64 Å². The number of fused-ring (bicyclic) bond motifs is 1. The van der Waals surface area contributed by atoms with Crippen molar-refractivity contribution in [3.05, 3.63) is 81.9 Å². The minimum absolute atomic E-state index is 0.0648. The van der Waals surface area contributed by atoms with Crippen molar-refractivity contribution in [3.8, 4) is 11.5 Å². The molecule has 0 atom stereocenters. The van der Waals surface area contributed by atoms with Gasteiger partial charge in [-0.1, -0.05) is 23.7 Å². The van der Waals surface area contributed by atoms with E-state index in [0.29, 0.717) is 5.75 Å². The standard InChI is InChI=1S/C19H20ClF3N2O.C7H5NO3S/c1-5-25(4)11-24-17-8-13(3)18(9-12(17)2)26-14-6-7-16(20)15(10-14)19(21,22)23;9-7-5-3-1-2-4-6(5)12(10,11)8-7/h6-11H,5H2,1-4H3;1-4H,(H,8,9). The van der Waals surface area contributed by atoms with Crippen LogP contribution in [0.5, 0.6) is 11.5 Å². The van der Waals surface area contributed by atoms with Crippen LogP contribution in [0.25, 0.3) is 0 Å². The van der Waals surface area contributed by atoms with Gasteiger partial charge in [0.15, 0.2) is 0 Å². The Labute approximate surface area is 224 Å². The Kier molecular flexibility index (Phi) is 8.73. The molecule has 0 aliphatic carbocycles. The minimum Gasteiger partial charge on any atom is -0.457 e. The molecular weight excluding hydrogens is 543 g/mol. The van der Waals surface area contributed by atoms with Gasteiger partial charge in [0.25, 0.3) is 15.9 Å². The summed E-state index contributed by atoms with van der Waals surface area (Å²) in [6, 6.07) is 13.2. The van der Waals surface area contributed by atoms with E-state index in [1.807, 2.05) is 43.5 Å². The average molecular weight is 568 g/mol. The second-order valence-electron chi connectivity index (χ2n) is 8.39. The number of benzene rings is 3. The van der Waals surface area contributed by atoms with Crippen LogP contribution < -0.4 is 9.46 Å². The van der Waals surface area contributed by atoms with Crippen LogP contribution >= 0.6 is 11.6 Å². The van der Waals surface area contributed by atoms with Crippen LogP contribution in [-0.4, -0.2) is 39.2 Å². The molecule has 0 spiro atoms. The maximum absolute atomic E-state index is 13.0. The highest BCUT2D eigenvalue weighted by Crippen LogP contribution is 2.38. The van der Waals surface area contributed by atoms with E-state index < -0.39 is 27.7 Å². The predicted octanol–water partition coefficient (Wildman–Crippen LogP) is 6.50. The fraction of sp³-hybridized carbons (Fsp3) is 0.231. The third kappa shape index (κ3) is 6.84. The number of carbonyl (C=O) groups is 1. The lowest BCUT2D eigenvalue weighted by atomic mass is 10.1. The monoisotopic (exact) mass is 567 g/mol. The number of sulfonamides is 1. The topological polar surface area (TPSA) is 88.1 Å². The van der Waals surface area contributed by atoms with Crippen molar-refractivity contribution in [3.63, 3.8) is 0 Å². The number of hydrogen-bond acceptors (Lipinski definition) is 5. The number of aliphatic imine (C=N–C) groups is 1. The number of amides is 1. The highest BCUT2D eigenvalue weighted by molar-refractivity contribution is 7.90. The smallest absolute Gasteiger partial charge is 0.417 e. The van der Waals surface area contributed by atoms with Gasteiger partial charge in [-0.2, -0.15) is 13.2 Å². The minimum atomic E-state index is -4.54. The Hall–Kier alpha value is -3.57. The number of aryl methyl sites for hydroxylation is 2. The third-order valence-electron chi connectivity index (χ3n) is 5.51. The first-order valence-corrected chi connectivity index (χ1v) is 13.2. The van der Waals surface area contributed by atoms with E-state index >= 15 is 0 Å². The molecular formula is C26H25ClF3N3O4S. The quantitative estimate of drug-likeness (QED) is 0.281. The SMILES string of the molecule is CCN(C)C=Nc1cc(C)c(Oc2ccc(Cl)c(C(F)(F)F)c2)cc1C.O=C1NS(=O)(=O)c2ccccc21. The highest BCUT2D eigenvalue weighted by atomic mass is 35.5. The molecule has 3 aromatic rings. The molecule has 1 amide bonds. The number of alkyl halides is 3. The van der Waals surface area contributed by atoms with Crippen molar-refractivity contribution < 1.29 is 31.1 Å². The molecule has 12 heteroatoms. The molecule has 202 valence electrons. The van der Waals surface area contributed by atoms with E-state index in [2.05, 4.69) is 4.99 Å². The number of carbonyl (C=O) groups excluding carboxylic acids is 1. The van der Waals surface area contributed by atoms with Crippen molar-refractivity contribution >= 4 is 39.6 Å². The summed E-state index contributed by atoms with van der Waals surface area (Å²) in [7, 11) is -1.64. The number of ether oxygens (including phenoxy) is 1. The summed E-state index contributed by atoms with van der Waals surface area (Å²) in [6.45, 7) is 6.54. The highest BCUT2D eigenvalue weighted by Gasteiger charge is 2.34. The van der Waals surface area contributed by atoms with Gasteiger partial charge in [0.2, 0.25) is 0 Å². The van der Waals surface area contributed by atoms with Gasteiger partial charge in [-0.15, -0.1) is 0 Å². The van der Waals surface area contributed by atoms with Crippen molar-refractivity contribution in [1.82, 2.24) is 9.62 Å². The van der Waals surface area contributed by atoms with Crippen LogP contribution in [0, 0.1) is 13.8 Å². The molecule has 4 rings (SSSR count).